The highest BCUT2D eigenvalue weighted by molar-refractivity contribution is 5.71. The molecule has 1 aromatic rings. The van der Waals surface area contributed by atoms with Crippen LogP contribution in [0.5, 0.6) is 5.75 Å². The molecule has 0 unspecified atom stereocenters. The smallest absolute Gasteiger partial charge is 0.343 e. The van der Waals surface area contributed by atoms with Crippen LogP contribution in [0.3, 0.4) is 0 Å². The van der Waals surface area contributed by atoms with Crippen molar-refractivity contribution < 1.29 is 14.3 Å². The van der Waals surface area contributed by atoms with Gasteiger partial charge in [-0.25, -0.2) is 4.79 Å². The Bertz CT molecular complexity index is 331. The molecular weight excluding hydrogens is 180 g/mol. The summed E-state index contributed by atoms with van der Waals surface area (Å²) in [4.78, 5) is 10.8. The Morgan fingerprint density at radius 2 is 2.21 bits per heavy atom. The third-order valence-corrected chi connectivity index (χ3v) is 1.71. The van der Waals surface area contributed by atoms with Crippen LogP contribution in [0.15, 0.2) is 30.8 Å². The van der Waals surface area contributed by atoms with Crippen LogP contribution < -0.4 is 4.74 Å². The normalized spacial score (nSPS) is 9.21. The lowest BCUT2D eigenvalue weighted by molar-refractivity contribution is -0.142. The van der Waals surface area contributed by atoms with Crippen LogP contribution in [0.1, 0.15) is 5.56 Å². The van der Waals surface area contributed by atoms with Gasteiger partial charge in [0.25, 0.3) is 0 Å². The molecule has 14 heavy (non-hydrogen) atoms. The van der Waals surface area contributed by atoms with Gasteiger partial charge in [0.05, 0.1) is 7.11 Å². The second-order valence-corrected chi connectivity index (χ2v) is 2.61. The van der Waals surface area contributed by atoms with Crippen molar-refractivity contribution in [1.29, 1.82) is 0 Å². The van der Waals surface area contributed by atoms with Crippen LogP contribution in [0.2, 0.25) is 0 Å². The third-order valence-electron chi connectivity index (χ3n) is 1.71. The minimum Gasteiger partial charge on any atom is -0.481 e. The average Bonchev–Trinajstić information content (AvgIpc) is 2.26. The van der Waals surface area contributed by atoms with Gasteiger partial charge in [-0.1, -0.05) is 30.9 Å². The molecule has 3 nitrogen and oxygen atoms in total. The minimum absolute atomic E-state index is 0.0820. The molecule has 0 spiro atoms. The quantitative estimate of drug-likeness (QED) is 0.683. The molecule has 0 aromatic heterocycles. The number of hydrogen-bond donors (Lipinski definition) is 0. The van der Waals surface area contributed by atoms with E-state index in [-0.39, 0.29) is 6.61 Å². The van der Waals surface area contributed by atoms with Gasteiger partial charge in [0, 0.05) is 5.56 Å². The van der Waals surface area contributed by atoms with Crippen molar-refractivity contribution in [2.24, 2.45) is 0 Å². The first-order chi connectivity index (χ1) is 6.77. The molecule has 3 heteroatoms. The molecule has 0 radical (unpaired) electrons. The minimum atomic E-state index is -0.399. The Kier molecular flexibility index (Phi) is 3.73. The molecule has 0 heterocycles. The number of ether oxygens (including phenoxy) is 2. The average molecular weight is 192 g/mol. The zero-order valence-electron chi connectivity index (χ0n) is 8.03. The van der Waals surface area contributed by atoms with Gasteiger partial charge in [0.1, 0.15) is 5.75 Å². The van der Waals surface area contributed by atoms with E-state index >= 15 is 0 Å². The van der Waals surface area contributed by atoms with E-state index in [4.69, 9.17) is 4.74 Å². The standard InChI is InChI=1S/C11H12O3/c1-3-9-6-4-5-7-10(9)14-8-11(12)13-2/h3-7H,1,8H2,2H3. The fourth-order valence-electron chi connectivity index (χ4n) is 0.976. The fraction of sp³-hybridized carbons (Fsp3) is 0.182. The predicted octanol–water partition coefficient (Wildman–Crippen LogP) is 1.88. The molecule has 74 valence electrons. The van der Waals surface area contributed by atoms with Crippen LogP contribution in [0.4, 0.5) is 0 Å². The first kappa shape index (κ1) is 10.3. The van der Waals surface area contributed by atoms with Gasteiger partial charge in [0.15, 0.2) is 6.61 Å². The third kappa shape index (κ3) is 2.62. The number of carbonyl (C=O) groups excluding carboxylic acids is 1. The Labute approximate surface area is 83.0 Å². The highest BCUT2D eigenvalue weighted by Crippen LogP contribution is 2.18. The monoisotopic (exact) mass is 192 g/mol. The van der Waals surface area contributed by atoms with Gasteiger partial charge in [-0.3, -0.25) is 0 Å². The molecule has 0 saturated carbocycles. The van der Waals surface area contributed by atoms with E-state index in [1.807, 2.05) is 18.2 Å². The number of rotatable bonds is 4. The summed E-state index contributed by atoms with van der Waals surface area (Å²) in [5.41, 5.74) is 0.858. The Balaban J connectivity index is 2.66. The van der Waals surface area contributed by atoms with E-state index in [2.05, 4.69) is 11.3 Å². The van der Waals surface area contributed by atoms with Gasteiger partial charge < -0.3 is 9.47 Å². The molecule has 0 aliphatic rings. The van der Waals surface area contributed by atoms with Crippen LogP contribution >= 0.6 is 0 Å². The lowest BCUT2D eigenvalue weighted by Gasteiger charge is -2.07. The molecule has 0 aliphatic carbocycles. The van der Waals surface area contributed by atoms with E-state index in [0.717, 1.165) is 5.56 Å². The van der Waals surface area contributed by atoms with Crippen LogP contribution in [0.25, 0.3) is 6.08 Å². The van der Waals surface area contributed by atoms with Crippen LogP contribution in [0, 0.1) is 0 Å². The first-order valence-corrected chi connectivity index (χ1v) is 4.19. The van der Waals surface area contributed by atoms with E-state index in [0.29, 0.717) is 5.75 Å². The predicted molar refractivity (Wildman–Crippen MR) is 54.0 cm³/mol. The second kappa shape index (κ2) is 5.07. The SMILES string of the molecule is C=Cc1ccccc1OCC(=O)OC. The zero-order chi connectivity index (χ0) is 10.4. The summed E-state index contributed by atoms with van der Waals surface area (Å²) in [6.07, 6.45) is 1.67. The number of esters is 1. The molecule has 1 aromatic carbocycles. The summed E-state index contributed by atoms with van der Waals surface area (Å²) in [6.45, 7) is 3.56. The van der Waals surface area contributed by atoms with Crippen molar-refractivity contribution in [2.75, 3.05) is 13.7 Å². The van der Waals surface area contributed by atoms with Crippen LogP contribution in [-0.2, 0) is 9.53 Å². The van der Waals surface area contributed by atoms with E-state index in [1.54, 1.807) is 12.1 Å². The van der Waals surface area contributed by atoms with Crippen molar-refractivity contribution in [1.82, 2.24) is 0 Å². The molecule has 1 rings (SSSR count). The fourth-order valence-corrected chi connectivity index (χ4v) is 0.976. The number of methoxy groups -OCH3 is 1. The van der Waals surface area contributed by atoms with E-state index < -0.39 is 5.97 Å². The molecule has 0 atom stereocenters. The number of benzene rings is 1. The molecule has 0 amide bonds. The van der Waals surface area contributed by atoms with Gasteiger partial charge >= 0.3 is 5.97 Å². The van der Waals surface area contributed by atoms with Gasteiger partial charge in [-0.2, -0.15) is 0 Å². The molecule has 0 fully saturated rings. The highest BCUT2D eigenvalue weighted by atomic mass is 16.6. The zero-order valence-corrected chi connectivity index (χ0v) is 8.03. The number of hydrogen-bond acceptors (Lipinski definition) is 3. The maximum atomic E-state index is 10.8. The maximum Gasteiger partial charge on any atom is 0.343 e. The summed E-state index contributed by atoms with van der Waals surface area (Å²) >= 11 is 0. The maximum absolute atomic E-state index is 10.8. The van der Waals surface area contributed by atoms with Gasteiger partial charge in [0.2, 0.25) is 0 Å². The molecule has 0 aliphatic heterocycles. The van der Waals surface area contributed by atoms with Gasteiger partial charge in [-0.05, 0) is 6.07 Å². The van der Waals surface area contributed by atoms with Crippen molar-refractivity contribution in [3.8, 4) is 5.75 Å². The molecular formula is C11H12O3. The molecule has 0 saturated heterocycles. The van der Waals surface area contributed by atoms with E-state index in [9.17, 15) is 4.79 Å². The lowest BCUT2D eigenvalue weighted by atomic mass is 10.2. The summed E-state index contributed by atoms with van der Waals surface area (Å²) < 4.78 is 9.69. The van der Waals surface area contributed by atoms with Crippen molar-refractivity contribution in [3.63, 3.8) is 0 Å². The van der Waals surface area contributed by atoms with Crippen molar-refractivity contribution >= 4 is 12.0 Å². The largest absolute Gasteiger partial charge is 0.481 e. The van der Waals surface area contributed by atoms with Crippen LogP contribution in [-0.4, -0.2) is 19.7 Å². The summed E-state index contributed by atoms with van der Waals surface area (Å²) in [5.74, 6) is 0.233. The van der Waals surface area contributed by atoms with E-state index in [1.165, 1.54) is 7.11 Å². The summed E-state index contributed by atoms with van der Waals surface area (Å²) in [5, 5.41) is 0. The Morgan fingerprint density at radius 1 is 1.50 bits per heavy atom. The number of carbonyl (C=O) groups is 1. The highest BCUT2D eigenvalue weighted by Gasteiger charge is 2.03. The molecule has 0 bridgehead atoms. The summed E-state index contributed by atoms with van der Waals surface area (Å²) in [7, 11) is 1.32. The van der Waals surface area contributed by atoms with Crippen molar-refractivity contribution in [3.05, 3.63) is 36.4 Å². The number of para-hydroxylation sites is 1. The Morgan fingerprint density at radius 3 is 2.86 bits per heavy atom. The first-order valence-electron chi connectivity index (χ1n) is 4.19. The van der Waals surface area contributed by atoms with Crippen molar-refractivity contribution in [2.45, 2.75) is 0 Å². The second-order valence-electron chi connectivity index (χ2n) is 2.61. The van der Waals surface area contributed by atoms with Gasteiger partial charge in [-0.15, -0.1) is 0 Å². The Hall–Kier alpha value is -1.77. The lowest BCUT2D eigenvalue weighted by Crippen LogP contribution is -2.12. The summed E-state index contributed by atoms with van der Waals surface area (Å²) in [6, 6.07) is 7.35. The topological polar surface area (TPSA) is 35.5 Å². The molecule has 0 N–H and O–H groups in total.